The zero-order valence-corrected chi connectivity index (χ0v) is 15.8. The lowest BCUT2D eigenvalue weighted by atomic mass is 10.3. The molecule has 0 aliphatic heterocycles. The van der Waals surface area contributed by atoms with E-state index in [0.29, 0.717) is 5.95 Å². The number of nitrogens with zero attached hydrogens (tertiary/aromatic N) is 6. The van der Waals surface area contributed by atoms with E-state index in [1.54, 1.807) is 16.3 Å². The Morgan fingerprint density at radius 1 is 1.23 bits per heavy atom. The second-order valence-corrected chi connectivity index (χ2v) is 6.82. The molecule has 0 spiro atoms. The predicted octanol–water partition coefficient (Wildman–Crippen LogP) is 0.869. The van der Waals surface area contributed by atoms with Gasteiger partial charge in [0.15, 0.2) is 11.2 Å². The van der Waals surface area contributed by atoms with Crippen LogP contribution >= 0.6 is 0 Å². The van der Waals surface area contributed by atoms with E-state index in [-0.39, 0.29) is 29.5 Å². The van der Waals surface area contributed by atoms with Gasteiger partial charge in [-0.15, -0.1) is 0 Å². The number of Topliss-reactive ketones (excluding diaryl/α,β-unsaturated/α-hetero) is 1. The molecule has 0 fully saturated rings. The van der Waals surface area contributed by atoms with E-state index >= 15 is 0 Å². The third kappa shape index (κ3) is 2.59. The Balaban J connectivity index is 2.49. The number of imidazole rings is 1. The van der Waals surface area contributed by atoms with Gasteiger partial charge >= 0.3 is 5.69 Å². The molecule has 0 radical (unpaired) electrons. The maximum Gasteiger partial charge on any atom is 0.332 e. The summed E-state index contributed by atoms with van der Waals surface area (Å²) in [5, 5.41) is 4.45. The summed E-state index contributed by atoms with van der Waals surface area (Å²) in [5.41, 5.74) is 1.17. The van der Waals surface area contributed by atoms with Crippen LogP contribution < -0.4 is 11.2 Å². The molecule has 3 heterocycles. The summed E-state index contributed by atoms with van der Waals surface area (Å²) in [6.07, 6.45) is 0. The summed E-state index contributed by atoms with van der Waals surface area (Å²) in [6, 6.07) is 1.81. The summed E-state index contributed by atoms with van der Waals surface area (Å²) in [7, 11) is 1.55. The molecule has 0 aliphatic carbocycles. The molecule has 0 saturated heterocycles. The fourth-order valence-electron chi connectivity index (χ4n) is 3.16. The van der Waals surface area contributed by atoms with E-state index < -0.39 is 11.2 Å². The van der Waals surface area contributed by atoms with Crippen molar-refractivity contribution in [2.24, 2.45) is 7.05 Å². The minimum Gasteiger partial charge on any atom is -0.300 e. The van der Waals surface area contributed by atoms with E-state index in [1.165, 1.54) is 11.5 Å². The van der Waals surface area contributed by atoms with Crippen molar-refractivity contribution in [1.29, 1.82) is 0 Å². The zero-order chi connectivity index (χ0) is 19.3. The highest BCUT2D eigenvalue weighted by Gasteiger charge is 2.24. The van der Waals surface area contributed by atoms with Crippen LogP contribution in [0.1, 0.15) is 38.2 Å². The summed E-state index contributed by atoms with van der Waals surface area (Å²) >= 11 is 0. The van der Waals surface area contributed by atoms with Gasteiger partial charge in [0.2, 0.25) is 5.95 Å². The first kappa shape index (κ1) is 17.8. The molecular formula is C17H22N6O3. The predicted molar refractivity (Wildman–Crippen MR) is 96.9 cm³/mol. The minimum absolute atomic E-state index is 0.102. The molecule has 9 nitrogen and oxygen atoms in total. The van der Waals surface area contributed by atoms with Crippen molar-refractivity contribution in [3.8, 4) is 5.95 Å². The molecule has 0 aromatic carbocycles. The molecule has 26 heavy (non-hydrogen) atoms. The third-order valence-electron chi connectivity index (χ3n) is 4.25. The lowest BCUT2D eigenvalue weighted by Crippen LogP contribution is -2.41. The van der Waals surface area contributed by atoms with Gasteiger partial charge in [-0.05, 0) is 40.7 Å². The van der Waals surface area contributed by atoms with Crippen molar-refractivity contribution in [2.45, 2.75) is 47.2 Å². The summed E-state index contributed by atoms with van der Waals surface area (Å²) in [5.74, 6) is 0.200. The molecule has 0 atom stereocenters. The van der Waals surface area contributed by atoms with Crippen LogP contribution in [0.15, 0.2) is 15.7 Å². The van der Waals surface area contributed by atoms with Gasteiger partial charge in [0.1, 0.15) is 5.78 Å². The molecule has 3 rings (SSSR count). The van der Waals surface area contributed by atoms with Crippen LogP contribution in [-0.2, 0) is 18.4 Å². The van der Waals surface area contributed by atoms with Crippen molar-refractivity contribution in [3.05, 3.63) is 38.3 Å². The number of aryl methyl sites for hydroxylation is 3. The smallest absolute Gasteiger partial charge is 0.300 e. The minimum atomic E-state index is -0.564. The van der Waals surface area contributed by atoms with Crippen LogP contribution in [0.25, 0.3) is 17.1 Å². The summed E-state index contributed by atoms with van der Waals surface area (Å²) in [6.45, 7) is 8.71. The topological polar surface area (TPSA) is 96.7 Å². The summed E-state index contributed by atoms with van der Waals surface area (Å²) in [4.78, 5) is 41.6. The van der Waals surface area contributed by atoms with Crippen LogP contribution in [0.4, 0.5) is 0 Å². The average molecular weight is 358 g/mol. The number of rotatable bonds is 4. The number of hydrogen-bond donors (Lipinski definition) is 0. The Hall–Kier alpha value is -2.97. The van der Waals surface area contributed by atoms with E-state index in [4.69, 9.17) is 0 Å². The molecule has 0 bridgehead atoms. The highest BCUT2D eigenvalue weighted by molar-refractivity contribution is 5.76. The lowest BCUT2D eigenvalue weighted by molar-refractivity contribution is -0.117. The first-order valence-corrected chi connectivity index (χ1v) is 8.38. The second kappa shape index (κ2) is 6.08. The highest BCUT2D eigenvalue weighted by Crippen LogP contribution is 2.21. The third-order valence-corrected chi connectivity index (χ3v) is 4.25. The SMILES string of the molecule is CC(=O)Cn1c(=O)c2c(nc(-n3nc(C)cc3C)n2C(C)C)n(C)c1=O. The van der Waals surface area contributed by atoms with Gasteiger partial charge in [-0.25, -0.2) is 9.48 Å². The standard InChI is InChI=1S/C17H22N6O3/c1-9(2)22-13-14(18-16(22)23-11(4)7-10(3)19-23)20(6)17(26)21(15(13)25)8-12(5)24/h7,9H,8H2,1-6H3. The first-order valence-electron chi connectivity index (χ1n) is 8.38. The van der Waals surface area contributed by atoms with Crippen molar-refractivity contribution in [2.75, 3.05) is 0 Å². The Bertz CT molecular complexity index is 1140. The maximum atomic E-state index is 13.0. The molecule has 138 valence electrons. The molecule has 0 unspecified atom stereocenters. The van der Waals surface area contributed by atoms with E-state index in [2.05, 4.69) is 10.1 Å². The Labute approximate surface area is 149 Å². The van der Waals surface area contributed by atoms with Crippen LogP contribution in [-0.4, -0.2) is 34.2 Å². The van der Waals surface area contributed by atoms with Crippen LogP contribution in [0, 0.1) is 13.8 Å². The van der Waals surface area contributed by atoms with Gasteiger partial charge in [-0.2, -0.15) is 10.1 Å². The van der Waals surface area contributed by atoms with Crippen molar-refractivity contribution >= 4 is 16.9 Å². The highest BCUT2D eigenvalue weighted by atomic mass is 16.2. The molecule has 3 aromatic rings. The Morgan fingerprint density at radius 2 is 1.88 bits per heavy atom. The maximum absolute atomic E-state index is 13.0. The monoisotopic (exact) mass is 358 g/mol. The van der Waals surface area contributed by atoms with Gasteiger partial charge < -0.3 is 0 Å². The lowest BCUT2D eigenvalue weighted by Gasteiger charge is -2.14. The van der Waals surface area contributed by atoms with E-state index in [1.807, 2.05) is 33.8 Å². The molecule has 3 aromatic heterocycles. The average Bonchev–Trinajstić information content (AvgIpc) is 3.09. The van der Waals surface area contributed by atoms with Crippen molar-refractivity contribution < 1.29 is 4.79 Å². The quantitative estimate of drug-likeness (QED) is 0.689. The molecule has 0 N–H and O–H groups in total. The van der Waals surface area contributed by atoms with Gasteiger partial charge in [-0.3, -0.25) is 23.3 Å². The Morgan fingerprint density at radius 3 is 2.38 bits per heavy atom. The van der Waals surface area contributed by atoms with E-state index in [0.717, 1.165) is 16.0 Å². The number of ketones is 1. The Kier molecular flexibility index (Phi) is 4.17. The summed E-state index contributed by atoms with van der Waals surface area (Å²) < 4.78 is 5.67. The first-order chi connectivity index (χ1) is 12.1. The van der Waals surface area contributed by atoms with E-state index in [9.17, 15) is 14.4 Å². The van der Waals surface area contributed by atoms with Crippen LogP contribution in [0.2, 0.25) is 0 Å². The van der Waals surface area contributed by atoms with Gasteiger partial charge in [0.25, 0.3) is 5.56 Å². The number of hydrogen-bond acceptors (Lipinski definition) is 5. The molecule has 0 saturated carbocycles. The van der Waals surface area contributed by atoms with Crippen LogP contribution in [0.3, 0.4) is 0 Å². The molecule has 0 aliphatic rings. The number of aromatic nitrogens is 6. The van der Waals surface area contributed by atoms with Gasteiger partial charge in [-0.1, -0.05) is 0 Å². The number of carbonyl (C=O) groups is 1. The van der Waals surface area contributed by atoms with Gasteiger partial charge in [0, 0.05) is 18.8 Å². The fourth-order valence-corrected chi connectivity index (χ4v) is 3.16. The van der Waals surface area contributed by atoms with Crippen LogP contribution in [0.5, 0.6) is 0 Å². The zero-order valence-electron chi connectivity index (χ0n) is 15.8. The largest absolute Gasteiger partial charge is 0.332 e. The fraction of sp³-hybridized carbons (Fsp3) is 0.471. The number of fused-ring (bicyclic) bond motifs is 1. The number of carbonyl (C=O) groups excluding carboxylic acids is 1. The molecule has 0 amide bonds. The molecular weight excluding hydrogens is 336 g/mol. The normalized spacial score (nSPS) is 11.7. The van der Waals surface area contributed by atoms with Gasteiger partial charge in [0.05, 0.1) is 12.2 Å². The van der Waals surface area contributed by atoms with Crippen molar-refractivity contribution in [3.63, 3.8) is 0 Å². The molecule has 9 heteroatoms. The van der Waals surface area contributed by atoms with Crippen molar-refractivity contribution in [1.82, 2.24) is 28.5 Å². The second-order valence-electron chi connectivity index (χ2n) is 6.82.